The zero-order chi connectivity index (χ0) is 15.2. The van der Waals surface area contributed by atoms with Crippen molar-refractivity contribution in [3.05, 3.63) is 28.7 Å². The van der Waals surface area contributed by atoms with E-state index in [4.69, 9.17) is 11.6 Å². The number of amidine groups is 1. The van der Waals surface area contributed by atoms with E-state index in [1.807, 2.05) is 0 Å². The van der Waals surface area contributed by atoms with Crippen molar-refractivity contribution in [2.75, 3.05) is 13.1 Å². The summed E-state index contributed by atoms with van der Waals surface area (Å²) in [6.45, 7) is 2.25. The molecule has 1 aromatic carbocycles. The summed E-state index contributed by atoms with van der Waals surface area (Å²) in [6.07, 6.45) is 0. The molecule has 1 aliphatic heterocycles. The molecule has 21 heavy (non-hydrogen) atoms. The van der Waals surface area contributed by atoms with Crippen LogP contribution in [0.3, 0.4) is 0 Å². The molecule has 0 saturated heterocycles. The molecule has 1 aromatic heterocycles. The SMILES string of the molecule is CC(F)(F)c1cc(F)cc2c(Cl)nn(CC3=NCCN3)c12. The number of fused-ring (bicyclic) bond motifs is 1. The minimum absolute atomic E-state index is 0.00593. The summed E-state index contributed by atoms with van der Waals surface area (Å²) < 4.78 is 42.4. The molecule has 0 bridgehead atoms. The van der Waals surface area contributed by atoms with Gasteiger partial charge in [-0.2, -0.15) is 5.10 Å². The lowest BCUT2D eigenvalue weighted by Crippen LogP contribution is -2.24. The lowest BCUT2D eigenvalue weighted by Gasteiger charge is -2.14. The first-order chi connectivity index (χ1) is 9.86. The molecule has 0 radical (unpaired) electrons. The maximum absolute atomic E-state index is 13.8. The smallest absolute Gasteiger partial charge is 0.272 e. The second-order valence-corrected chi connectivity index (χ2v) is 5.30. The van der Waals surface area contributed by atoms with Gasteiger partial charge in [0.05, 0.1) is 18.6 Å². The molecule has 0 saturated carbocycles. The Morgan fingerprint density at radius 1 is 1.43 bits per heavy atom. The van der Waals surface area contributed by atoms with E-state index in [0.29, 0.717) is 18.9 Å². The molecular formula is C13H12ClF3N4. The molecule has 2 aromatic rings. The number of halogens is 4. The number of benzene rings is 1. The lowest BCUT2D eigenvalue weighted by molar-refractivity contribution is 0.0184. The van der Waals surface area contributed by atoms with Crippen molar-refractivity contribution in [2.24, 2.45) is 4.99 Å². The molecule has 0 spiro atoms. The summed E-state index contributed by atoms with van der Waals surface area (Å²) >= 11 is 5.95. The Bertz CT molecular complexity index is 733. The van der Waals surface area contributed by atoms with Crippen LogP contribution in [0.5, 0.6) is 0 Å². The normalized spacial score (nSPS) is 15.4. The van der Waals surface area contributed by atoms with Crippen molar-refractivity contribution in [3.8, 4) is 0 Å². The van der Waals surface area contributed by atoms with Gasteiger partial charge in [-0.3, -0.25) is 9.67 Å². The molecule has 112 valence electrons. The second kappa shape index (κ2) is 4.91. The molecule has 3 rings (SSSR count). The first-order valence-corrected chi connectivity index (χ1v) is 6.75. The molecular weight excluding hydrogens is 305 g/mol. The van der Waals surface area contributed by atoms with E-state index in [1.54, 1.807) is 0 Å². The fraction of sp³-hybridized carbons (Fsp3) is 0.385. The Balaban J connectivity index is 2.21. The van der Waals surface area contributed by atoms with E-state index in [2.05, 4.69) is 15.4 Å². The molecule has 0 amide bonds. The predicted octanol–water partition coefficient (Wildman–Crippen LogP) is 2.94. The first-order valence-electron chi connectivity index (χ1n) is 6.37. The quantitative estimate of drug-likeness (QED) is 0.946. The molecule has 0 aliphatic carbocycles. The third-order valence-corrected chi connectivity index (χ3v) is 3.56. The molecule has 2 heterocycles. The lowest BCUT2D eigenvalue weighted by atomic mass is 10.1. The van der Waals surface area contributed by atoms with Crippen molar-refractivity contribution in [1.82, 2.24) is 15.1 Å². The van der Waals surface area contributed by atoms with Crippen LogP contribution < -0.4 is 5.32 Å². The number of rotatable bonds is 3. The molecule has 0 unspecified atom stereocenters. The largest absolute Gasteiger partial charge is 0.370 e. The van der Waals surface area contributed by atoms with E-state index in [1.165, 1.54) is 4.68 Å². The fourth-order valence-electron chi connectivity index (χ4n) is 2.39. The van der Waals surface area contributed by atoms with Gasteiger partial charge in [-0.15, -0.1) is 0 Å². The van der Waals surface area contributed by atoms with Crippen LogP contribution >= 0.6 is 11.6 Å². The third kappa shape index (κ3) is 2.57. The molecule has 1 aliphatic rings. The van der Waals surface area contributed by atoms with Gasteiger partial charge in [0, 0.05) is 24.4 Å². The maximum Gasteiger partial charge on any atom is 0.272 e. The standard InChI is InChI=1S/C13H12ClF3N4/c1-13(16,17)9-5-7(15)4-8-11(9)21(20-12(8)14)6-10-18-2-3-19-10/h4-5H,2-3,6H2,1H3,(H,18,19). The average molecular weight is 317 g/mol. The van der Waals surface area contributed by atoms with Crippen LogP contribution in [0.2, 0.25) is 5.15 Å². The molecule has 1 N–H and O–H groups in total. The maximum atomic E-state index is 13.8. The number of hydrogen-bond donors (Lipinski definition) is 1. The van der Waals surface area contributed by atoms with E-state index in [-0.39, 0.29) is 22.6 Å². The van der Waals surface area contributed by atoms with Crippen LogP contribution in [0.25, 0.3) is 10.9 Å². The van der Waals surface area contributed by atoms with Crippen LogP contribution in [-0.2, 0) is 12.5 Å². The number of aliphatic imine (C=N–C) groups is 1. The summed E-state index contributed by atoms with van der Waals surface area (Å²) in [6, 6.07) is 1.93. The van der Waals surface area contributed by atoms with Crippen molar-refractivity contribution in [2.45, 2.75) is 19.4 Å². The minimum Gasteiger partial charge on any atom is -0.370 e. The summed E-state index contributed by atoms with van der Waals surface area (Å²) in [5.41, 5.74) is -0.305. The van der Waals surface area contributed by atoms with Crippen LogP contribution in [0, 0.1) is 5.82 Å². The predicted molar refractivity (Wildman–Crippen MR) is 74.6 cm³/mol. The zero-order valence-electron chi connectivity index (χ0n) is 11.1. The van der Waals surface area contributed by atoms with Gasteiger partial charge in [0.1, 0.15) is 11.7 Å². The summed E-state index contributed by atoms with van der Waals surface area (Å²) in [4.78, 5) is 4.20. The Hall–Kier alpha value is -1.76. The highest BCUT2D eigenvalue weighted by molar-refractivity contribution is 6.34. The van der Waals surface area contributed by atoms with Gasteiger partial charge in [-0.1, -0.05) is 11.6 Å². The summed E-state index contributed by atoms with van der Waals surface area (Å²) in [7, 11) is 0. The van der Waals surface area contributed by atoms with Gasteiger partial charge in [-0.05, 0) is 12.1 Å². The topological polar surface area (TPSA) is 42.2 Å². The van der Waals surface area contributed by atoms with Gasteiger partial charge >= 0.3 is 0 Å². The van der Waals surface area contributed by atoms with Gasteiger partial charge in [0.15, 0.2) is 5.15 Å². The molecule has 8 heteroatoms. The van der Waals surface area contributed by atoms with Gasteiger partial charge in [0.2, 0.25) is 0 Å². The van der Waals surface area contributed by atoms with E-state index >= 15 is 0 Å². The molecule has 0 fully saturated rings. The van der Waals surface area contributed by atoms with E-state index in [0.717, 1.165) is 19.1 Å². The van der Waals surface area contributed by atoms with Crippen molar-refractivity contribution >= 4 is 28.3 Å². The van der Waals surface area contributed by atoms with Gasteiger partial charge in [0.25, 0.3) is 5.92 Å². The Labute approximate surface area is 123 Å². The number of nitrogens with zero attached hydrogens (tertiary/aromatic N) is 3. The van der Waals surface area contributed by atoms with Crippen molar-refractivity contribution < 1.29 is 13.2 Å². The second-order valence-electron chi connectivity index (χ2n) is 4.94. The number of hydrogen-bond acceptors (Lipinski definition) is 3. The Kier molecular flexibility index (Phi) is 3.32. The van der Waals surface area contributed by atoms with Crippen molar-refractivity contribution in [3.63, 3.8) is 0 Å². The highest BCUT2D eigenvalue weighted by atomic mass is 35.5. The summed E-state index contributed by atoms with van der Waals surface area (Å²) in [5.74, 6) is -3.32. The molecule has 0 atom stereocenters. The van der Waals surface area contributed by atoms with E-state index in [9.17, 15) is 13.2 Å². The summed E-state index contributed by atoms with van der Waals surface area (Å²) in [5, 5.41) is 7.23. The first kappa shape index (κ1) is 14.2. The number of aromatic nitrogens is 2. The zero-order valence-corrected chi connectivity index (χ0v) is 11.9. The minimum atomic E-state index is -3.20. The van der Waals surface area contributed by atoms with Gasteiger partial charge in [-0.25, -0.2) is 13.2 Å². The van der Waals surface area contributed by atoms with Crippen LogP contribution in [0.15, 0.2) is 17.1 Å². The average Bonchev–Trinajstić information content (AvgIpc) is 2.98. The fourth-order valence-corrected chi connectivity index (χ4v) is 2.62. The number of nitrogens with one attached hydrogen (secondary N) is 1. The Morgan fingerprint density at radius 2 is 2.19 bits per heavy atom. The third-order valence-electron chi connectivity index (χ3n) is 3.28. The number of alkyl halides is 2. The van der Waals surface area contributed by atoms with Crippen LogP contribution in [0.4, 0.5) is 13.2 Å². The van der Waals surface area contributed by atoms with Crippen LogP contribution in [0.1, 0.15) is 12.5 Å². The molecule has 4 nitrogen and oxygen atoms in total. The monoisotopic (exact) mass is 316 g/mol. The van der Waals surface area contributed by atoms with E-state index < -0.39 is 17.3 Å². The van der Waals surface area contributed by atoms with Crippen LogP contribution in [-0.4, -0.2) is 28.7 Å². The highest BCUT2D eigenvalue weighted by Crippen LogP contribution is 2.36. The Morgan fingerprint density at radius 3 is 2.81 bits per heavy atom. The van der Waals surface area contributed by atoms with Crippen molar-refractivity contribution in [1.29, 1.82) is 0 Å². The highest BCUT2D eigenvalue weighted by Gasteiger charge is 2.31. The van der Waals surface area contributed by atoms with Gasteiger partial charge < -0.3 is 5.32 Å².